The van der Waals surface area contributed by atoms with E-state index in [0.29, 0.717) is 31.2 Å². The summed E-state index contributed by atoms with van der Waals surface area (Å²) in [6, 6.07) is 8.81. The van der Waals surface area contributed by atoms with Crippen molar-refractivity contribution in [2.45, 2.75) is 188 Å². The first kappa shape index (κ1) is 48.1. The molecule has 0 aromatic heterocycles. The van der Waals surface area contributed by atoms with Gasteiger partial charge in [-0.05, 0) is 31.2 Å². The van der Waals surface area contributed by atoms with Gasteiger partial charge < -0.3 is 18.9 Å². The van der Waals surface area contributed by atoms with Gasteiger partial charge in [-0.2, -0.15) is 0 Å². The second-order valence-electron chi connectivity index (χ2n) is 14.6. The van der Waals surface area contributed by atoms with Gasteiger partial charge >= 0.3 is 23.9 Å². The summed E-state index contributed by atoms with van der Waals surface area (Å²) in [7, 11) is 0. The molecule has 0 aliphatic heterocycles. The highest BCUT2D eigenvalue weighted by Gasteiger charge is 2.49. The van der Waals surface area contributed by atoms with Crippen molar-refractivity contribution >= 4 is 23.9 Å². The van der Waals surface area contributed by atoms with E-state index >= 15 is 0 Å². The van der Waals surface area contributed by atoms with E-state index in [0.717, 1.165) is 128 Å². The van der Waals surface area contributed by atoms with Crippen molar-refractivity contribution in [3.05, 3.63) is 35.9 Å². The molecule has 1 aromatic rings. The van der Waals surface area contributed by atoms with Crippen molar-refractivity contribution in [2.24, 2.45) is 11.8 Å². The fourth-order valence-electron chi connectivity index (χ4n) is 6.61. The van der Waals surface area contributed by atoms with E-state index in [1.807, 2.05) is 6.07 Å². The zero-order valence-electron chi connectivity index (χ0n) is 34.2. The minimum Gasteiger partial charge on any atom is -0.465 e. The number of rotatable bonds is 35. The molecular weight excluding hydrogens is 668 g/mol. The summed E-state index contributed by atoms with van der Waals surface area (Å²) in [5, 5.41) is 0. The number of hydrogen-bond acceptors (Lipinski definition) is 8. The average Bonchev–Trinajstić information content (AvgIpc) is 3.16. The number of esters is 4. The molecule has 0 fully saturated rings. The third kappa shape index (κ3) is 22.8. The summed E-state index contributed by atoms with van der Waals surface area (Å²) in [5.74, 6) is -7.50. The molecule has 53 heavy (non-hydrogen) atoms. The number of hydrogen-bond donors (Lipinski definition) is 0. The molecule has 0 atom stereocenters. The van der Waals surface area contributed by atoms with Crippen molar-refractivity contribution in [1.29, 1.82) is 0 Å². The molecule has 8 nitrogen and oxygen atoms in total. The van der Waals surface area contributed by atoms with Gasteiger partial charge in [-0.3, -0.25) is 19.2 Å². The summed E-state index contributed by atoms with van der Waals surface area (Å²) < 4.78 is 23.0. The van der Waals surface area contributed by atoms with E-state index in [1.165, 1.54) is 0 Å². The molecule has 0 radical (unpaired) electrons. The smallest absolute Gasteiger partial charge is 0.321 e. The topological polar surface area (TPSA) is 105 Å². The van der Waals surface area contributed by atoms with Crippen LogP contribution in [0.4, 0.5) is 0 Å². The number of benzene rings is 1. The monoisotopic (exact) mass is 745 g/mol. The lowest BCUT2D eigenvalue weighted by Crippen LogP contribution is -2.43. The molecule has 0 bridgehead atoms. The normalized spacial score (nSPS) is 11.3. The third-order valence-corrected chi connectivity index (χ3v) is 9.89. The highest BCUT2D eigenvalue weighted by molar-refractivity contribution is 6.01. The van der Waals surface area contributed by atoms with E-state index in [-0.39, 0.29) is 26.4 Å². The van der Waals surface area contributed by atoms with Crippen molar-refractivity contribution in [3.8, 4) is 0 Å². The Kier molecular flexibility index (Phi) is 30.6. The fourth-order valence-corrected chi connectivity index (χ4v) is 6.61. The van der Waals surface area contributed by atoms with Crippen LogP contribution in [0, 0.1) is 11.8 Å². The van der Waals surface area contributed by atoms with Crippen LogP contribution in [0.25, 0.3) is 0 Å². The summed E-state index contributed by atoms with van der Waals surface area (Å²) in [6.45, 7) is 9.23. The average molecular weight is 745 g/mol. The van der Waals surface area contributed by atoms with Gasteiger partial charge in [0.15, 0.2) is 11.8 Å². The molecule has 0 spiro atoms. The quantitative estimate of drug-likeness (QED) is 0.0293. The van der Waals surface area contributed by atoms with Crippen LogP contribution in [0.2, 0.25) is 0 Å². The maximum absolute atomic E-state index is 14.0. The first-order valence-electron chi connectivity index (χ1n) is 21.6. The Balaban J connectivity index is 3.37. The first-order valence-corrected chi connectivity index (χ1v) is 21.6. The Hall–Kier alpha value is -2.90. The third-order valence-electron chi connectivity index (χ3n) is 9.89. The Morgan fingerprint density at radius 2 is 0.623 bits per heavy atom. The Morgan fingerprint density at radius 1 is 0.377 bits per heavy atom. The predicted octanol–water partition coefficient (Wildman–Crippen LogP) is 11.6. The lowest BCUT2D eigenvalue weighted by molar-refractivity contribution is -0.170. The summed E-state index contributed by atoms with van der Waals surface area (Å²) in [5.41, 5.74) is 0.476. The highest BCUT2D eigenvalue weighted by Crippen LogP contribution is 2.37. The molecule has 0 saturated heterocycles. The van der Waals surface area contributed by atoms with Crippen LogP contribution < -0.4 is 0 Å². The molecule has 8 heteroatoms. The van der Waals surface area contributed by atoms with Gasteiger partial charge in [0.05, 0.1) is 26.4 Å². The highest BCUT2D eigenvalue weighted by atomic mass is 16.6. The Labute approximate surface area is 323 Å². The van der Waals surface area contributed by atoms with E-state index in [1.54, 1.807) is 24.3 Å². The van der Waals surface area contributed by atoms with Crippen molar-refractivity contribution < 1.29 is 38.1 Å². The molecule has 0 heterocycles. The van der Waals surface area contributed by atoms with Crippen LogP contribution in [0.3, 0.4) is 0 Å². The van der Waals surface area contributed by atoms with Crippen LogP contribution in [0.5, 0.6) is 0 Å². The second-order valence-corrected chi connectivity index (χ2v) is 14.6. The molecular formula is C45H76O8. The van der Waals surface area contributed by atoms with Crippen LogP contribution >= 0.6 is 0 Å². The lowest BCUT2D eigenvalue weighted by atomic mass is 9.76. The second kappa shape index (κ2) is 33.7. The molecule has 1 rings (SSSR count). The van der Waals surface area contributed by atoms with E-state index in [9.17, 15) is 19.2 Å². The van der Waals surface area contributed by atoms with Gasteiger partial charge in [0.2, 0.25) is 0 Å². The van der Waals surface area contributed by atoms with Crippen molar-refractivity contribution in [3.63, 3.8) is 0 Å². The van der Waals surface area contributed by atoms with E-state index < -0.39 is 41.6 Å². The zero-order chi connectivity index (χ0) is 38.8. The standard InChI is InChI=1S/C45H76O8/c1-5-9-13-17-21-28-34-50-42(46)40(43(47)51-35-29-22-18-14-10-6-2)39(38-32-26-25-27-33-38)41(44(48)52-36-30-23-19-15-11-7-3)45(49)53-37-31-24-20-16-12-8-4/h25-27,32-33,39-41H,5-24,28-31,34-37H2,1-4H3. The first-order chi connectivity index (χ1) is 25.9. The number of unbranched alkanes of at least 4 members (excludes halogenated alkanes) is 20. The molecule has 0 aliphatic carbocycles. The molecule has 0 saturated carbocycles. The van der Waals surface area contributed by atoms with E-state index in [4.69, 9.17) is 18.9 Å². The zero-order valence-corrected chi connectivity index (χ0v) is 34.2. The van der Waals surface area contributed by atoms with Gasteiger partial charge in [0.1, 0.15) is 0 Å². The van der Waals surface area contributed by atoms with Crippen molar-refractivity contribution in [2.75, 3.05) is 26.4 Å². The van der Waals surface area contributed by atoms with Crippen molar-refractivity contribution in [1.82, 2.24) is 0 Å². The largest absolute Gasteiger partial charge is 0.465 e. The summed E-state index contributed by atoms with van der Waals surface area (Å²) in [4.78, 5) is 56.1. The van der Waals surface area contributed by atoms with Gasteiger partial charge in [-0.1, -0.05) is 186 Å². The van der Waals surface area contributed by atoms with E-state index in [2.05, 4.69) is 27.7 Å². The number of carbonyl (C=O) groups excluding carboxylic acids is 4. The minimum absolute atomic E-state index is 0.142. The molecule has 0 aliphatic rings. The molecule has 304 valence electrons. The molecule has 1 aromatic carbocycles. The summed E-state index contributed by atoms with van der Waals surface area (Å²) >= 11 is 0. The predicted molar refractivity (Wildman–Crippen MR) is 214 cm³/mol. The SMILES string of the molecule is CCCCCCCCOC(=O)C(C(=O)OCCCCCCCC)C(c1ccccc1)C(C(=O)OCCCCCCCC)C(=O)OCCCCCCCC. The lowest BCUT2D eigenvalue weighted by Gasteiger charge is -2.29. The van der Waals surface area contributed by atoms with Crippen LogP contribution in [0.1, 0.15) is 193 Å². The molecule has 0 N–H and O–H groups in total. The van der Waals surface area contributed by atoms with Crippen LogP contribution in [0.15, 0.2) is 30.3 Å². The molecule has 0 amide bonds. The number of carbonyl (C=O) groups is 4. The van der Waals surface area contributed by atoms with Crippen LogP contribution in [-0.4, -0.2) is 50.3 Å². The minimum atomic E-state index is -1.55. The fraction of sp³-hybridized carbons (Fsp3) is 0.778. The van der Waals surface area contributed by atoms with Gasteiger partial charge in [0, 0.05) is 5.92 Å². The Morgan fingerprint density at radius 3 is 0.887 bits per heavy atom. The van der Waals surface area contributed by atoms with Crippen LogP contribution in [-0.2, 0) is 38.1 Å². The maximum Gasteiger partial charge on any atom is 0.321 e. The maximum atomic E-state index is 14.0. The van der Waals surface area contributed by atoms with Gasteiger partial charge in [-0.15, -0.1) is 0 Å². The molecule has 0 unspecified atom stereocenters. The van der Waals surface area contributed by atoms with Gasteiger partial charge in [0.25, 0.3) is 0 Å². The summed E-state index contributed by atoms with van der Waals surface area (Å²) in [6.07, 6.45) is 24.1. The Bertz CT molecular complexity index is 934. The number of ether oxygens (including phenoxy) is 4. The van der Waals surface area contributed by atoms with Gasteiger partial charge in [-0.25, -0.2) is 0 Å².